The predicted molar refractivity (Wildman–Crippen MR) is 147 cm³/mol. The van der Waals surface area contributed by atoms with E-state index >= 15 is 0 Å². The Hall–Kier alpha value is -4.63. The van der Waals surface area contributed by atoms with Crippen molar-refractivity contribution in [2.75, 3.05) is 4.90 Å². The first kappa shape index (κ1) is 19.7. The maximum absolute atomic E-state index is 5.15. The van der Waals surface area contributed by atoms with Crippen molar-refractivity contribution in [3.63, 3.8) is 0 Å². The number of hydrogen-bond acceptors (Lipinski definition) is 2. The Balaban J connectivity index is 1.46. The standard InChI is InChI=1S/C33H23N3/c1-2-12-23-22(11-1)21-32(25-14-4-3-13-24(23)25)35-28-17-7-5-15-26(28)33-34-27-16-6-8-18-29(27)36(33)31-20-10-9-19-30(31)35/h1-20,32H,21H2. The van der Waals surface area contributed by atoms with Crippen LogP contribution in [0.3, 0.4) is 0 Å². The third-order valence-corrected chi connectivity index (χ3v) is 7.70. The summed E-state index contributed by atoms with van der Waals surface area (Å²) in [6, 6.07) is 43.9. The second-order valence-corrected chi connectivity index (χ2v) is 9.60. The second-order valence-electron chi connectivity index (χ2n) is 9.60. The highest BCUT2D eigenvalue weighted by atomic mass is 15.2. The van der Waals surface area contributed by atoms with E-state index in [-0.39, 0.29) is 6.04 Å². The molecule has 170 valence electrons. The summed E-state index contributed by atoms with van der Waals surface area (Å²) in [4.78, 5) is 7.71. The van der Waals surface area contributed by atoms with E-state index in [1.165, 1.54) is 33.6 Å². The number of hydrogen-bond donors (Lipinski definition) is 0. The van der Waals surface area contributed by atoms with Gasteiger partial charge in [-0.3, -0.25) is 4.57 Å². The summed E-state index contributed by atoms with van der Waals surface area (Å²) in [5.74, 6) is 0.992. The van der Waals surface area contributed by atoms with Crippen molar-refractivity contribution < 1.29 is 0 Å². The molecule has 0 saturated heterocycles. The van der Waals surface area contributed by atoms with Gasteiger partial charge in [-0.15, -0.1) is 0 Å². The fraction of sp³-hybridized carbons (Fsp3) is 0.0606. The van der Waals surface area contributed by atoms with Crippen molar-refractivity contribution in [1.82, 2.24) is 9.55 Å². The van der Waals surface area contributed by atoms with Gasteiger partial charge in [-0.05, 0) is 65.1 Å². The van der Waals surface area contributed by atoms with E-state index in [4.69, 9.17) is 4.98 Å². The topological polar surface area (TPSA) is 21.1 Å². The van der Waals surface area contributed by atoms with Crippen LogP contribution in [0.25, 0.3) is 39.2 Å². The van der Waals surface area contributed by atoms with Gasteiger partial charge in [-0.1, -0.05) is 84.9 Å². The smallest absolute Gasteiger partial charge is 0.147 e. The first-order chi connectivity index (χ1) is 17.9. The fourth-order valence-electron chi connectivity index (χ4n) is 6.19. The van der Waals surface area contributed by atoms with Crippen LogP contribution in [0.4, 0.5) is 11.4 Å². The molecule has 0 saturated carbocycles. The molecule has 1 aliphatic heterocycles. The molecule has 1 aromatic heterocycles. The van der Waals surface area contributed by atoms with E-state index in [1.54, 1.807) is 0 Å². The average Bonchev–Trinajstić information content (AvgIpc) is 3.28. The molecule has 3 nitrogen and oxygen atoms in total. The number of anilines is 2. The van der Waals surface area contributed by atoms with Crippen LogP contribution in [0.2, 0.25) is 0 Å². The van der Waals surface area contributed by atoms with Gasteiger partial charge in [-0.25, -0.2) is 4.98 Å². The van der Waals surface area contributed by atoms with Crippen LogP contribution in [0.15, 0.2) is 121 Å². The van der Waals surface area contributed by atoms with Gasteiger partial charge in [0.15, 0.2) is 0 Å². The van der Waals surface area contributed by atoms with Gasteiger partial charge in [0, 0.05) is 5.56 Å². The normalized spacial score (nSPS) is 15.3. The summed E-state index contributed by atoms with van der Waals surface area (Å²) in [5, 5.41) is 0. The quantitative estimate of drug-likeness (QED) is 0.247. The Morgan fingerprint density at radius 2 is 1.19 bits per heavy atom. The molecular weight excluding hydrogens is 438 g/mol. The Morgan fingerprint density at radius 1 is 0.556 bits per heavy atom. The molecule has 0 spiro atoms. The molecule has 0 radical (unpaired) electrons. The second kappa shape index (κ2) is 7.43. The van der Waals surface area contributed by atoms with E-state index in [9.17, 15) is 0 Å². The van der Waals surface area contributed by atoms with Crippen molar-refractivity contribution in [3.8, 4) is 28.2 Å². The fourth-order valence-corrected chi connectivity index (χ4v) is 6.19. The Kier molecular flexibility index (Phi) is 4.06. The molecular formula is C33H23N3. The molecule has 8 rings (SSSR count). The lowest BCUT2D eigenvalue weighted by Gasteiger charge is -2.39. The van der Waals surface area contributed by atoms with Crippen LogP contribution in [0.5, 0.6) is 0 Å². The third-order valence-electron chi connectivity index (χ3n) is 7.70. The van der Waals surface area contributed by atoms with Gasteiger partial charge in [0.25, 0.3) is 0 Å². The largest absolute Gasteiger partial charge is 0.331 e. The SMILES string of the molecule is c1ccc2c(c1)CC(N1c3ccccc3-c3nc4ccccc4n3-c3ccccc31)c1ccccc1-2. The van der Waals surface area contributed by atoms with Crippen molar-refractivity contribution >= 4 is 22.4 Å². The highest BCUT2D eigenvalue weighted by molar-refractivity contribution is 5.93. The molecule has 0 N–H and O–H groups in total. The van der Waals surface area contributed by atoms with E-state index in [0.29, 0.717) is 0 Å². The molecule has 6 aromatic rings. The maximum atomic E-state index is 5.15. The summed E-state index contributed by atoms with van der Waals surface area (Å²) in [6.07, 6.45) is 0.943. The van der Waals surface area contributed by atoms with Gasteiger partial charge < -0.3 is 4.90 Å². The van der Waals surface area contributed by atoms with Crippen molar-refractivity contribution in [1.29, 1.82) is 0 Å². The van der Waals surface area contributed by atoms with Gasteiger partial charge in [0.2, 0.25) is 0 Å². The van der Waals surface area contributed by atoms with Crippen molar-refractivity contribution in [3.05, 3.63) is 132 Å². The monoisotopic (exact) mass is 461 g/mol. The first-order valence-electron chi connectivity index (χ1n) is 12.5. The number of aromatic nitrogens is 2. The van der Waals surface area contributed by atoms with E-state index < -0.39 is 0 Å². The van der Waals surface area contributed by atoms with Crippen LogP contribution >= 0.6 is 0 Å². The lowest BCUT2D eigenvalue weighted by molar-refractivity contribution is 0.686. The molecule has 36 heavy (non-hydrogen) atoms. The molecule has 0 bridgehead atoms. The minimum atomic E-state index is 0.161. The van der Waals surface area contributed by atoms with Crippen LogP contribution in [0.1, 0.15) is 17.2 Å². The summed E-state index contributed by atoms with van der Waals surface area (Å²) >= 11 is 0. The minimum Gasteiger partial charge on any atom is -0.331 e. The zero-order valence-electron chi connectivity index (χ0n) is 19.7. The van der Waals surface area contributed by atoms with E-state index in [2.05, 4.69) is 131 Å². The Labute approximate surface area is 209 Å². The zero-order valence-corrected chi connectivity index (χ0v) is 19.7. The molecule has 5 aromatic carbocycles. The van der Waals surface area contributed by atoms with Crippen LogP contribution in [0, 0.1) is 0 Å². The summed E-state index contributed by atoms with van der Waals surface area (Å²) < 4.78 is 2.34. The van der Waals surface area contributed by atoms with Crippen molar-refractivity contribution in [2.24, 2.45) is 0 Å². The first-order valence-corrected chi connectivity index (χ1v) is 12.5. The van der Waals surface area contributed by atoms with Gasteiger partial charge in [0.05, 0.1) is 34.1 Å². The zero-order chi connectivity index (χ0) is 23.6. The van der Waals surface area contributed by atoms with Gasteiger partial charge in [0.1, 0.15) is 5.82 Å². The molecule has 3 heteroatoms. The number of benzene rings is 5. The molecule has 2 heterocycles. The van der Waals surface area contributed by atoms with Crippen LogP contribution in [-0.2, 0) is 6.42 Å². The molecule has 0 amide bonds. The predicted octanol–water partition coefficient (Wildman–Crippen LogP) is 8.11. The highest BCUT2D eigenvalue weighted by Crippen LogP contribution is 2.51. The highest BCUT2D eigenvalue weighted by Gasteiger charge is 2.35. The summed E-state index contributed by atoms with van der Waals surface area (Å²) in [7, 11) is 0. The number of imidazole rings is 1. The minimum absolute atomic E-state index is 0.161. The van der Waals surface area contributed by atoms with Gasteiger partial charge in [-0.2, -0.15) is 0 Å². The summed E-state index contributed by atoms with van der Waals surface area (Å²) in [6.45, 7) is 0. The van der Waals surface area contributed by atoms with Crippen LogP contribution < -0.4 is 4.90 Å². The summed E-state index contributed by atoms with van der Waals surface area (Å²) in [5.41, 5.74) is 12.3. The lowest BCUT2D eigenvalue weighted by Crippen LogP contribution is -2.29. The average molecular weight is 462 g/mol. The molecule has 1 unspecified atom stereocenters. The number of nitrogens with zero attached hydrogens (tertiary/aromatic N) is 3. The molecule has 2 aliphatic rings. The number of rotatable bonds is 1. The third kappa shape index (κ3) is 2.65. The Morgan fingerprint density at radius 3 is 2.08 bits per heavy atom. The molecule has 1 aliphatic carbocycles. The number of fused-ring (bicyclic) bond motifs is 10. The molecule has 1 atom stereocenters. The Bertz CT molecular complexity index is 1790. The molecule has 0 fully saturated rings. The van der Waals surface area contributed by atoms with Gasteiger partial charge >= 0.3 is 0 Å². The van der Waals surface area contributed by atoms with E-state index in [0.717, 1.165) is 34.5 Å². The lowest BCUT2D eigenvalue weighted by atomic mass is 9.81. The maximum Gasteiger partial charge on any atom is 0.147 e. The number of para-hydroxylation sites is 5. The van der Waals surface area contributed by atoms with Crippen molar-refractivity contribution in [2.45, 2.75) is 12.5 Å². The van der Waals surface area contributed by atoms with E-state index in [1.807, 2.05) is 0 Å². The van der Waals surface area contributed by atoms with Crippen LogP contribution in [-0.4, -0.2) is 9.55 Å².